The molecule has 13 rings (SSSR count). The average molecular weight is 887 g/mol. The molecule has 0 fully saturated rings. The van der Waals surface area contributed by atoms with Gasteiger partial charge in [-0.3, -0.25) is 0 Å². The van der Waals surface area contributed by atoms with Crippen LogP contribution in [0.5, 0.6) is 0 Å². The molecule has 2 aliphatic rings. The van der Waals surface area contributed by atoms with Gasteiger partial charge in [0.1, 0.15) is 0 Å². The summed E-state index contributed by atoms with van der Waals surface area (Å²) in [6.45, 7) is 9.40. The lowest BCUT2D eigenvalue weighted by Crippen LogP contribution is -2.16. The van der Waals surface area contributed by atoms with E-state index in [2.05, 4.69) is 268 Å². The first-order chi connectivity index (χ1) is 33.7. The molecule has 0 spiro atoms. The molecule has 0 amide bonds. The number of para-hydroxylation sites is 2. The van der Waals surface area contributed by atoms with Crippen molar-refractivity contribution in [3.63, 3.8) is 0 Å². The maximum absolute atomic E-state index is 7.43. The molecular formula is C66H50N2O. The fraction of sp³-hybridized carbons (Fsp3) is 0.0909. The van der Waals surface area contributed by atoms with E-state index in [1.807, 2.05) is 0 Å². The summed E-state index contributed by atoms with van der Waals surface area (Å²) in [6.07, 6.45) is 0. The predicted octanol–water partition coefficient (Wildman–Crippen LogP) is 18.5. The summed E-state index contributed by atoms with van der Waals surface area (Å²) in [7, 11) is 0. The number of fused-ring (bicyclic) bond motifs is 9. The predicted molar refractivity (Wildman–Crippen MR) is 289 cm³/mol. The first-order valence-corrected chi connectivity index (χ1v) is 24.1. The van der Waals surface area contributed by atoms with Gasteiger partial charge in [-0.2, -0.15) is 0 Å². The lowest BCUT2D eigenvalue weighted by atomic mass is 9.82. The Labute approximate surface area is 404 Å². The van der Waals surface area contributed by atoms with Crippen molar-refractivity contribution in [2.45, 2.75) is 38.5 Å². The number of hydrogen-bond acceptors (Lipinski definition) is 3. The van der Waals surface area contributed by atoms with Crippen LogP contribution in [0.1, 0.15) is 49.9 Å². The fourth-order valence-corrected chi connectivity index (χ4v) is 11.5. The fourth-order valence-electron chi connectivity index (χ4n) is 11.5. The molecule has 0 unspecified atom stereocenters. The number of hydrogen-bond donors (Lipinski definition) is 0. The molecule has 0 bridgehead atoms. The van der Waals surface area contributed by atoms with Crippen LogP contribution in [-0.4, -0.2) is 0 Å². The molecule has 10 aromatic carbocycles. The summed E-state index contributed by atoms with van der Waals surface area (Å²) < 4.78 is 7.43. The van der Waals surface area contributed by atoms with Gasteiger partial charge in [0.15, 0.2) is 11.2 Å². The average Bonchev–Trinajstić information content (AvgIpc) is 3.98. The van der Waals surface area contributed by atoms with E-state index in [4.69, 9.17) is 4.42 Å². The molecule has 2 aliphatic carbocycles. The molecule has 0 aliphatic heterocycles. The van der Waals surface area contributed by atoms with Crippen molar-refractivity contribution in [3.05, 3.63) is 253 Å². The second kappa shape index (κ2) is 15.6. The van der Waals surface area contributed by atoms with Gasteiger partial charge in [-0.25, -0.2) is 0 Å². The Morgan fingerprint density at radius 2 is 0.638 bits per heavy atom. The summed E-state index contributed by atoms with van der Waals surface area (Å²) in [5.41, 5.74) is 22.9. The molecule has 1 heterocycles. The van der Waals surface area contributed by atoms with Gasteiger partial charge in [0, 0.05) is 44.4 Å². The SMILES string of the molecule is CC1(C)c2ccccc2-c2ccc(N(c3ccc(-c4ccccc4)cc3)c3cccc4c3oc3c(N(c5ccc(-c6ccccc6)cc5)c5ccc6c(c5)C(C)(C)c5ccccc5-6)cccc34)cc21. The second-order valence-corrected chi connectivity index (χ2v) is 19.7. The minimum atomic E-state index is -0.163. The normalized spacial score (nSPS) is 13.7. The van der Waals surface area contributed by atoms with E-state index in [1.165, 1.54) is 66.8 Å². The highest BCUT2D eigenvalue weighted by molar-refractivity contribution is 6.14. The molecule has 330 valence electrons. The van der Waals surface area contributed by atoms with Crippen molar-refractivity contribution in [1.82, 2.24) is 0 Å². The number of anilines is 6. The highest BCUT2D eigenvalue weighted by Gasteiger charge is 2.37. The molecule has 0 radical (unpaired) electrons. The molecule has 0 saturated heterocycles. The van der Waals surface area contributed by atoms with Crippen molar-refractivity contribution in [1.29, 1.82) is 0 Å². The van der Waals surface area contributed by atoms with Crippen LogP contribution in [-0.2, 0) is 10.8 Å². The summed E-state index contributed by atoms with van der Waals surface area (Å²) in [5, 5.41) is 2.13. The molecule has 3 heteroatoms. The van der Waals surface area contributed by atoms with Gasteiger partial charge in [0.05, 0.1) is 11.4 Å². The Kier molecular flexibility index (Phi) is 9.22. The van der Waals surface area contributed by atoms with E-state index in [9.17, 15) is 0 Å². The van der Waals surface area contributed by atoms with Gasteiger partial charge in [-0.05, 0) is 127 Å². The van der Waals surface area contributed by atoms with Gasteiger partial charge in [0.2, 0.25) is 0 Å². The smallest absolute Gasteiger partial charge is 0.159 e. The summed E-state index contributed by atoms with van der Waals surface area (Å²) in [4.78, 5) is 4.78. The second-order valence-electron chi connectivity index (χ2n) is 19.7. The maximum atomic E-state index is 7.43. The number of rotatable bonds is 8. The highest BCUT2D eigenvalue weighted by Crippen LogP contribution is 2.54. The van der Waals surface area contributed by atoms with Crippen LogP contribution in [0.4, 0.5) is 34.1 Å². The van der Waals surface area contributed by atoms with Crippen LogP contribution < -0.4 is 9.80 Å². The first-order valence-electron chi connectivity index (χ1n) is 24.1. The van der Waals surface area contributed by atoms with Crippen LogP contribution in [0.2, 0.25) is 0 Å². The highest BCUT2D eigenvalue weighted by atomic mass is 16.3. The van der Waals surface area contributed by atoms with Crippen LogP contribution in [0.15, 0.2) is 235 Å². The topological polar surface area (TPSA) is 19.6 Å². The van der Waals surface area contributed by atoms with E-state index in [0.717, 1.165) is 56.1 Å². The summed E-state index contributed by atoms with van der Waals surface area (Å²) in [6, 6.07) is 84.1. The van der Waals surface area contributed by atoms with E-state index >= 15 is 0 Å². The zero-order valence-electron chi connectivity index (χ0n) is 39.2. The Morgan fingerprint density at radius 1 is 0.290 bits per heavy atom. The van der Waals surface area contributed by atoms with Gasteiger partial charge in [-0.1, -0.05) is 198 Å². The lowest BCUT2D eigenvalue weighted by molar-refractivity contribution is 0.660. The van der Waals surface area contributed by atoms with Crippen LogP contribution in [0.3, 0.4) is 0 Å². The van der Waals surface area contributed by atoms with Crippen LogP contribution in [0.25, 0.3) is 66.4 Å². The largest absolute Gasteiger partial charge is 0.452 e. The van der Waals surface area contributed by atoms with Crippen LogP contribution >= 0.6 is 0 Å². The molecule has 3 nitrogen and oxygen atoms in total. The Bertz CT molecular complexity index is 3520. The van der Waals surface area contributed by atoms with Gasteiger partial charge < -0.3 is 14.2 Å². The number of benzene rings is 10. The zero-order valence-corrected chi connectivity index (χ0v) is 39.2. The first kappa shape index (κ1) is 40.8. The molecule has 0 atom stereocenters. The quantitative estimate of drug-likeness (QED) is 0.152. The monoisotopic (exact) mass is 886 g/mol. The zero-order chi connectivity index (χ0) is 46.4. The maximum Gasteiger partial charge on any atom is 0.159 e. The van der Waals surface area contributed by atoms with Crippen molar-refractivity contribution in [2.75, 3.05) is 9.80 Å². The molecule has 0 N–H and O–H groups in total. The number of nitrogens with zero attached hydrogens (tertiary/aromatic N) is 2. The van der Waals surface area contributed by atoms with Crippen molar-refractivity contribution < 1.29 is 4.42 Å². The molecule has 1 aromatic heterocycles. The molecule has 0 saturated carbocycles. The van der Waals surface area contributed by atoms with E-state index < -0.39 is 0 Å². The van der Waals surface area contributed by atoms with Crippen LogP contribution in [0, 0.1) is 0 Å². The Morgan fingerprint density at radius 3 is 1.06 bits per heavy atom. The number of furan rings is 1. The van der Waals surface area contributed by atoms with E-state index in [0.29, 0.717) is 0 Å². The molecule has 69 heavy (non-hydrogen) atoms. The third-order valence-electron chi connectivity index (χ3n) is 15.1. The van der Waals surface area contributed by atoms with Gasteiger partial charge in [-0.15, -0.1) is 0 Å². The lowest BCUT2D eigenvalue weighted by Gasteiger charge is -2.28. The van der Waals surface area contributed by atoms with Gasteiger partial charge >= 0.3 is 0 Å². The van der Waals surface area contributed by atoms with Gasteiger partial charge in [0.25, 0.3) is 0 Å². The Hall–Kier alpha value is -8.40. The molecular weight excluding hydrogens is 837 g/mol. The minimum Gasteiger partial charge on any atom is -0.452 e. The third kappa shape index (κ3) is 6.41. The van der Waals surface area contributed by atoms with Crippen molar-refractivity contribution in [2.24, 2.45) is 0 Å². The van der Waals surface area contributed by atoms with E-state index in [1.54, 1.807) is 0 Å². The Balaban J connectivity index is 1.00. The summed E-state index contributed by atoms with van der Waals surface area (Å²) >= 11 is 0. The van der Waals surface area contributed by atoms with E-state index in [-0.39, 0.29) is 10.8 Å². The minimum absolute atomic E-state index is 0.163. The third-order valence-corrected chi connectivity index (χ3v) is 15.1. The van der Waals surface area contributed by atoms with Crippen molar-refractivity contribution >= 4 is 56.1 Å². The molecule has 11 aromatic rings. The summed E-state index contributed by atoms with van der Waals surface area (Å²) in [5.74, 6) is 0. The van der Waals surface area contributed by atoms with Crippen molar-refractivity contribution in [3.8, 4) is 44.5 Å². The standard InChI is InChI=1S/C66H50N2O/c1-65(2)57-25-13-11-21-51(57)53-39-37-49(41-59(53)65)67(47-33-29-45(30-34-47)43-17-7-5-8-18-43)61-27-15-23-55-56-24-16-28-62(64(56)69-63(55)61)68(48-35-31-46(32-36-48)44-19-9-6-10-20-44)50-38-40-54-52-22-12-14-26-58(52)66(3,4)60(54)42-50/h5-42H,1-4H3.